The van der Waals surface area contributed by atoms with Gasteiger partial charge in [-0.25, -0.2) is 9.80 Å². The van der Waals surface area contributed by atoms with Crippen LogP contribution in [0.4, 0.5) is 0 Å². The van der Waals surface area contributed by atoms with Gasteiger partial charge in [-0.05, 0) is 75.6 Å². The largest absolute Gasteiger partial charge is 0.478 e. The maximum Gasteiger partial charge on any atom is 0.210 e. The summed E-state index contributed by atoms with van der Waals surface area (Å²) in [6, 6.07) is 20.9. The average molecular weight is 628 g/mol. The summed E-state index contributed by atoms with van der Waals surface area (Å²) in [5.74, 6) is 3.64. The zero-order chi connectivity index (χ0) is 25.6. The molecular weight excluding hydrogens is 600 g/mol. The van der Waals surface area contributed by atoms with Gasteiger partial charge in [0.25, 0.3) is 0 Å². The minimum absolute atomic E-state index is 0.0278. The molecule has 8 heteroatoms. The van der Waals surface area contributed by atoms with E-state index >= 15 is 0 Å². The lowest BCUT2D eigenvalue weighted by Crippen LogP contribution is -2.38. The van der Waals surface area contributed by atoms with Gasteiger partial charge >= 0.3 is 0 Å². The summed E-state index contributed by atoms with van der Waals surface area (Å²) >= 11 is 7.58. The fraction of sp³-hybridized carbons (Fsp3) is 0.310. The number of furan rings is 2. The molecule has 0 spiro atoms. The van der Waals surface area contributed by atoms with E-state index in [0.717, 1.165) is 40.7 Å². The van der Waals surface area contributed by atoms with E-state index < -0.39 is 0 Å². The summed E-state index contributed by atoms with van der Waals surface area (Å²) in [7, 11) is 0. The molecular formula is C29H28Br2N2O4. The molecule has 0 N–H and O–H groups in total. The Kier molecular flexibility index (Phi) is 6.69. The molecule has 0 saturated carbocycles. The Morgan fingerprint density at radius 3 is 2.16 bits per heavy atom. The molecule has 2 aromatic carbocycles. The predicted octanol–water partition coefficient (Wildman–Crippen LogP) is 7.52. The summed E-state index contributed by atoms with van der Waals surface area (Å²) in [5.41, 5.74) is 4.52. The molecule has 2 aromatic heterocycles. The maximum atomic E-state index is 6.17. The first-order valence-electron chi connectivity index (χ1n) is 12.3. The molecule has 0 amide bonds. The SMILES string of the molecule is CC(C)(c1ccc2c(c1)CN(Cc1ccco1)C(Br)O2)c1ccc2c(c1)C(Br)N(Cc1ccco1)CO2. The number of hydrogen-bond acceptors (Lipinski definition) is 6. The summed E-state index contributed by atoms with van der Waals surface area (Å²) in [5, 5.41) is -0.204. The highest BCUT2D eigenvalue weighted by molar-refractivity contribution is 9.09. The minimum atomic E-state index is -0.225. The molecule has 4 heterocycles. The quantitative estimate of drug-likeness (QED) is 0.163. The maximum absolute atomic E-state index is 6.17. The van der Waals surface area contributed by atoms with Crippen LogP contribution in [0.1, 0.15) is 52.6 Å². The Morgan fingerprint density at radius 2 is 1.49 bits per heavy atom. The van der Waals surface area contributed by atoms with Crippen LogP contribution in [-0.2, 0) is 25.0 Å². The van der Waals surface area contributed by atoms with Crippen LogP contribution in [0.3, 0.4) is 0 Å². The number of benzene rings is 2. The molecule has 4 aromatic rings. The van der Waals surface area contributed by atoms with E-state index in [9.17, 15) is 0 Å². The van der Waals surface area contributed by atoms with Gasteiger partial charge in [-0.1, -0.05) is 41.9 Å². The summed E-state index contributed by atoms with van der Waals surface area (Å²) in [6.45, 7) is 7.13. The number of hydrogen-bond donors (Lipinski definition) is 0. The third-order valence-electron chi connectivity index (χ3n) is 7.24. The van der Waals surface area contributed by atoms with Crippen molar-refractivity contribution < 1.29 is 18.3 Å². The summed E-state index contributed by atoms with van der Waals surface area (Å²) in [6.07, 6.45) is 3.41. The lowest BCUT2D eigenvalue weighted by Gasteiger charge is -2.36. The zero-order valence-electron chi connectivity index (χ0n) is 20.7. The Hall–Kier alpha value is -2.52. The van der Waals surface area contributed by atoms with Crippen LogP contribution in [0.25, 0.3) is 0 Å². The van der Waals surface area contributed by atoms with Crippen molar-refractivity contribution in [1.82, 2.24) is 9.80 Å². The molecule has 0 bridgehead atoms. The fourth-order valence-corrected chi connectivity index (χ4v) is 6.08. The van der Waals surface area contributed by atoms with E-state index in [4.69, 9.17) is 18.3 Å². The van der Waals surface area contributed by atoms with Crippen LogP contribution in [-0.4, -0.2) is 21.7 Å². The number of alkyl halides is 2. The van der Waals surface area contributed by atoms with Crippen molar-refractivity contribution in [2.24, 2.45) is 0 Å². The molecule has 0 radical (unpaired) electrons. The molecule has 37 heavy (non-hydrogen) atoms. The highest BCUT2D eigenvalue weighted by Crippen LogP contribution is 2.43. The second kappa shape index (κ2) is 9.98. The Bertz CT molecular complexity index is 1370. The average Bonchev–Trinajstić information content (AvgIpc) is 3.60. The van der Waals surface area contributed by atoms with E-state index in [1.54, 1.807) is 12.5 Å². The van der Waals surface area contributed by atoms with E-state index in [0.29, 0.717) is 19.8 Å². The van der Waals surface area contributed by atoms with Gasteiger partial charge in [-0.3, -0.25) is 0 Å². The van der Waals surface area contributed by atoms with Crippen LogP contribution < -0.4 is 9.47 Å². The van der Waals surface area contributed by atoms with Crippen molar-refractivity contribution in [2.45, 2.75) is 49.0 Å². The first-order valence-corrected chi connectivity index (χ1v) is 14.1. The van der Waals surface area contributed by atoms with Gasteiger partial charge in [0.15, 0.2) is 0 Å². The summed E-state index contributed by atoms with van der Waals surface area (Å²) in [4.78, 5) is 4.44. The molecule has 2 unspecified atom stereocenters. The van der Waals surface area contributed by atoms with Crippen molar-refractivity contribution in [3.05, 3.63) is 107 Å². The lowest BCUT2D eigenvalue weighted by molar-refractivity contribution is 0.0590. The predicted molar refractivity (Wildman–Crippen MR) is 148 cm³/mol. The van der Waals surface area contributed by atoms with Crippen molar-refractivity contribution in [3.63, 3.8) is 0 Å². The molecule has 2 aliphatic heterocycles. The first-order chi connectivity index (χ1) is 17.9. The van der Waals surface area contributed by atoms with Crippen LogP contribution in [0.2, 0.25) is 0 Å². The van der Waals surface area contributed by atoms with E-state index in [1.807, 2.05) is 24.3 Å². The van der Waals surface area contributed by atoms with Gasteiger partial charge in [0.2, 0.25) is 5.14 Å². The van der Waals surface area contributed by atoms with Crippen LogP contribution in [0.15, 0.2) is 82.0 Å². The number of halogens is 2. The fourth-order valence-electron chi connectivity index (χ4n) is 4.97. The zero-order valence-corrected chi connectivity index (χ0v) is 23.9. The topological polar surface area (TPSA) is 51.2 Å². The molecule has 2 aliphatic rings. The second-order valence-corrected chi connectivity index (χ2v) is 11.7. The van der Waals surface area contributed by atoms with Gasteiger partial charge in [-0.2, -0.15) is 0 Å². The Balaban J connectivity index is 1.26. The van der Waals surface area contributed by atoms with Gasteiger partial charge in [0.1, 0.15) is 29.8 Å². The Labute approximate surface area is 233 Å². The van der Waals surface area contributed by atoms with Crippen molar-refractivity contribution in [2.75, 3.05) is 6.73 Å². The second-order valence-electron chi connectivity index (χ2n) is 10.0. The van der Waals surface area contributed by atoms with Crippen molar-refractivity contribution >= 4 is 31.9 Å². The Morgan fingerprint density at radius 1 is 0.838 bits per heavy atom. The van der Waals surface area contributed by atoms with E-state index in [2.05, 4.69) is 91.9 Å². The van der Waals surface area contributed by atoms with Crippen molar-refractivity contribution in [1.29, 1.82) is 0 Å². The third kappa shape index (κ3) is 4.88. The number of nitrogens with zero attached hydrogens (tertiary/aromatic N) is 2. The minimum Gasteiger partial charge on any atom is -0.478 e. The van der Waals surface area contributed by atoms with Crippen LogP contribution in [0, 0.1) is 0 Å². The van der Waals surface area contributed by atoms with E-state index in [1.165, 1.54) is 11.1 Å². The lowest BCUT2D eigenvalue weighted by atomic mass is 9.77. The molecule has 2 atom stereocenters. The third-order valence-corrected chi connectivity index (χ3v) is 9.08. The monoisotopic (exact) mass is 626 g/mol. The highest BCUT2D eigenvalue weighted by Gasteiger charge is 2.32. The molecule has 0 aliphatic carbocycles. The van der Waals surface area contributed by atoms with Gasteiger partial charge in [-0.15, -0.1) is 0 Å². The number of ether oxygens (including phenoxy) is 2. The van der Waals surface area contributed by atoms with Crippen LogP contribution in [0.5, 0.6) is 11.5 Å². The standard InChI is InChI=1S/C29H28Br2N2O4/c1-29(2,20-7-9-25-19(13-20)15-32(28(31)37-25)16-22-5-3-11-34-22)21-8-10-26-24(14-21)27(30)33(18-36-26)17-23-6-4-12-35-23/h3-14,27-28H,15-18H2,1-2H3. The number of fused-ring (bicyclic) bond motifs is 2. The smallest absolute Gasteiger partial charge is 0.210 e. The van der Waals surface area contributed by atoms with Gasteiger partial charge in [0, 0.05) is 23.1 Å². The molecule has 6 rings (SSSR count). The molecule has 6 nitrogen and oxygen atoms in total. The van der Waals surface area contributed by atoms with Gasteiger partial charge < -0.3 is 18.3 Å². The highest BCUT2D eigenvalue weighted by atomic mass is 79.9. The molecule has 192 valence electrons. The van der Waals surface area contributed by atoms with E-state index in [-0.39, 0.29) is 15.5 Å². The normalized spacial score (nSPS) is 20.1. The van der Waals surface area contributed by atoms with Crippen molar-refractivity contribution in [3.8, 4) is 11.5 Å². The molecule has 0 fully saturated rings. The molecule has 0 saturated heterocycles. The van der Waals surface area contributed by atoms with Crippen LogP contribution >= 0.6 is 31.9 Å². The summed E-state index contributed by atoms with van der Waals surface area (Å²) < 4.78 is 23.4. The first kappa shape index (κ1) is 24.8. The van der Waals surface area contributed by atoms with Gasteiger partial charge in [0.05, 0.1) is 30.6 Å². The number of rotatable bonds is 6.